The molecule has 0 saturated carbocycles. The molecule has 1 nitrogen and oxygen atoms in total. The molecule has 182 valence electrons. The Hall–Kier alpha value is 0.810. The zero-order valence-corrected chi connectivity index (χ0v) is 23.2. The van der Waals surface area contributed by atoms with E-state index in [0.29, 0.717) is 5.92 Å². The Morgan fingerprint density at radius 3 is 1.33 bits per heavy atom. The molecule has 0 heterocycles. The molecular weight excluding hydrogens is 430 g/mol. The lowest BCUT2D eigenvalue weighted by Crippen LogP contribution is -2.36. The van der Waals surface area contributed by atoms with E-state index < -0.39 is 5.85 Å². The minimum Gasteiger partial charge on any atom is -0.289 e. The minimum absolute atomic E-state index is 0.365. The Morgan fingerprint density at radius 2 is 0.933 bits per heavy atom. The molecule has 0 rings (SSSR count). The van der Waals surface area contributed by atoms with Crippen LogP contribution in [0.1, 0.15) is 156 Å². The first-order chi connectivity index (χ1) is 14.4. The van der Waals surface area contributed by atoms with Gasteiger partial charge in [-0.15, -0.1) is 0 Å². The second-order valence-electron chi connectivity index (χ2n) is 9.58. The monoisotopic (exact) mass is 482 g/mol. The van der Waals surface area contributed by atoms with Crippen molar-refractivity contribution in [3.8, 4) is 0 Å². The molecule has 0 N–H and O–H groups in total. The molecule has 0 aliphatic heterocycles. The van der Waals surface area contributed by atoms with E-state index in [4.69, 9.17) is 22.5 Å². The van der Waals surface area contributed by atoms with Crippen LogP contribution in [0.2, 0.25) is 0 Å². The summed E-state index contributed by atoms with van der Waals surface area (Å²) in [6.07, 6.45) is 24.4. The molecule has 30 heavy (non-hydrogen) atoms. The van der Waals surface area contributed by atoms with E-state index in [1.807, 2.05) is 0 Å². The Morgan fingerprint density at radius 1 is 0.567 bits per heavy atom. The third-order valence-corrected chi connectivity index (χ3v) is 10.9. The van der Waals surface area contributed by atoms with Crippen molar-refractivity contribution in [2.45, 2.75) is 161 Å². The molecule has 0 spiro atoms. The normalized spacial score (nSPS) is 13.7. The lowest BCUT2D eigenvalue weighted by molar-refractivity contribution is 0.265. The van der Waals surface area contributed by atoms with Crippen molar-refractivity contribution in [3.63, 3.8) is 0 Å². The predicted octanol–water partition coefficient (Wildman–Crippen LogP) is 11.9. The van der Waals surface area contributed by atoms with E-state index in [2.05, 4.69) is 27.7 Å². The third-order valence-electron chi connectivity index (χ3n) is 7.02. The fourth-order valence-electron chi connectivity index (χ4n) is 4.98. The van der Waals surface area contributed by atoms with Gasteiger partial charge in [0, 0.05) is 0 Å². The van der Waals surface area contributed by atoms with Crippen LogP contribution in [0.5, 0.6) is 0 Å². The fourth-order valence-corrected chi connectivity index (χ4v) is 8.34. The lowest BCUT2D eigenvalue weighted by Gasteiger charge is -2.42. The van der Waals surface area contributed by atoms with Crippen LogP contribution in [0.15, 0.2) is 0 Å². The maximum Gasteiger partial charge on any atom is 0.259 e. The summed E-state index contributed by atoms with van der Waals surface area (Å²) >= 11 is 13.1. The summed E-state index contributed by atoms with van der Waals surface area (Å²) in [5.74, 6) is -2.79. The summed E-state index contributed by atoms with van der Waals surface area (Å²) in [5.41, 5.74) is 0. The molecule has 0 saturated heterocycles. The van der Waals surface area contributed by atoms with E-state index in [-0.39, 0.29) is 5.16 Å². The van der Waals surface area contributed by atoms with Gasteiger partial charge in [-0.05, 0) is 54.1 Å². The van der Waals surface area contributed by atoms with E-state index in [0.717, 1.165) is 51.4 Å². The van der Waals surface area contributed by atoms with Gasteiger partial charge in [0.1, 0.15) is 0 Å². The molecular formula is C26H53Cl2OP. The highest BCUT2D eigenvalue weighted by molar-refractivity contribution is 8.09. The Balaban J connectivity index is 4.81. The average Bonchev–Trinajstić information content (AvgIpc) is 2.71. The fraction of sp³-hybridized carbons (Fsp3) is 1.00. The summed E-state index contributed by atoms with van der Waals surface area (Å²) in [6, 6.07) is 0. The molecule has 0 amide bonds. The van der Waals surface area contributed by atoms with Crippen molar-refractivity contribution in [1.29, 1.82) is 0 Å². The number of unbranched alkanes of at least 4 members (excludes halogenated alkanes) is 12. The number of hydrogen-bond donors (Lipinski definition) is 0. The van der Waals surface area contributed by atoms with Crippen molar-refractivity contribution in [3.05, 3.63) is 0 Å². The summed E-state index contributed by atoms with van der Waals surface area (Å²) < 4.78 is 13.3. The molecule has 0 aromatic rings. The van der Waals surface area contributed by atoms with Gasteiger partial charge in [0.05, 0.1) is 5.16 Å². The molecule has 1 unspecified atom stereocenters. The number of halogens is 2. The van der Waals surface area contributed by atoms with Gasteiger partial charge >= 0.3 is 0 Å². The first-order valence-electron chi connectivity index (χ1n) is 13.4. The summed E-state index contributed by atoms with van der Waals surface area (Å²) in [6.45, 7) is 8.95. The van der Waals surface area contributed by atoms with E-state index >= 15 is 0 Å². The molecule has 0 aromatic heterocycles. The van der Waals surface area contributed by atoms with Crippen LogP contribution in [0.3, 0.4) is 0 Å². The highest BCUT2D eigenvalue weighted by Gasteiger charge is 2.49. The molecule has 0 bridgehead atoms. The first kappa shape index (κ1) is 30.8. The van der Waals surface area contributed by atoms with Gasteiger partial charge in [-0.25, -0.2) is 0 Å². The van der Waals surface area contributed by atoms with Gasteiger partial charge in [0.15, 0.2) is 0 Å². The quantitative estimate of drug-likeness (QED) is 0.111. The second kappa shape index (κ2) is 19.3. The van der Waals surface area contributed by atoms with E-state index in [1.165, 1.54) is 77.0 Å². The van der Waals surface area contributed by atoms with Crippen LogP contribution >= 0.6 is 28.3 Å². The van der Waals surface area contributed by atoms with Crippen molar-refractivity contribution in [2.75, 3.05) is 0 Å². The highest BCUT2D eigenvalue weighted by atomic mass is 35.9. The van der Waals surface area contributed by atoms with Gasteiger partial charge in [-0.2, -0.15) is 0 Å². The van der Waals surface area contributed by atoms with Crippen LogP contribution in [0.25, 0.3) is 0 Å². The van der Waals surface area contributed by atoms with Crippen LogP contribution in [0, 0.1) is 5.92 Å². The SMILES string of the molecule is CCCCCCCCCCCCC(CCCC)C(CCCC)(CCCC)P(=O)(Cl)Cl. The van der Waals surface area contributed by atoms with E-state index in [9.17, 15) is 4.57 Å². The molecule has 0 aromatic carbocycles. The maximum atomic E-state index is 13.3. The topological polar surface area (TPSA) is 17.1 Å². The van der Waals surface area contributed by atoms with Crippen LogP contribution in [0.4, 0.5) is 0 Å². The van der Waals surface area contributed by atoms with Crippen LogP contribution in [-0.4, -0.2) is 5.16 Å². The Labute approximate surface area is 199 Å². The summed E-state index contributed by atoms with van der Waals surface area (Å²) in [4.78, 5) is 0. The standard InChI is InChI=1S/C26H53Cl2OP/c1-5-9-13-14-15-16-17-18-19-20-22-25(21-10-6-2)26(23-11-7-3,24-12-8-4)30(27,28)29/h25H,5-24H2,1-4H3. The van der Waals surface area contributed by atoms with Crippen molar-refractivity contribution >= 4 is 28.3 Å². The Bertz CT molecular complexity index is 413. The minimum atomic E-state index is -3.20. The predicted molar refractivity (Wildman–Crippen MR) is 141 cm³/mol. The zero-order valence-electron chi connectivity index (χ0n) is 20.8. The lowest BCUT2D eigenvalue weighted by atomic mass is 9.77. The smallest absolute Gasteiger partial charge is 0.259 e. The van der Waals surface area contributed by atoms with Gasteiger partial charge in [0.25, 0.3) is 5.85 Å². The third kappa shape index (κ3) is 12.7. The molecule has 0 aliphatic carbocycles. The van der Waals surface area contributed by atoms with Gasteiger partial charge < -0.3 is 0 Å². The summed E-state index contributed by atoms with van der Waals surface area (Å²) in [5, 5.41) is -0.365. The van der Waals surface area contributed by atoms with Crippen LogP contribution in [-0.2, 0) is 4.57 Å². The average molecular weight is 484 g/mol. The number of hydrogen-bond acceptors (Lipinski definition) is 1. The Kier molecular flexibility index (Phi) is 19.8. The molecule has 0 radical (unpaired) electrons. The van der Waals surface area contributed by atoms with Crippen molar-refractivity contribution < 1.29 is 4.57 Å². The largest absolute Gasteiger partial charge is 0.289 e. The molecule has 1 atom stereocenters. The molecule has 4 heteroatoms. The van der Waals surface area contributed by atoms with Gasteiger partial charge in [0.2, 0.25) is 0 Å². The molecule has 0 fully saturated rings. The van der Waals surface area contributed by atoms with Gasteiger partial charge in [-0.3, -0.25) is 4.57 Å². The highest BCUT2D eigenvalue weighted by Crippen LogP contribution is 2.73. The number of rotatable bonds is 22. The zero-order chi connectivity index (χ0) is 22.7. The van der Waals surface area contributed by atoms with Crippen molar-refractivity contribution in [2.24, 2.45) is 5.92 Å². The van der Waals surface area contributed by atoms with Crippen LogP contribution < -0.4 is 0 Å². The maximum absolute atomic E-state index is 13.3. The van der Waals surface area contributed by atoms with Crippen molar-refractivity contribution in [1.82, 2.24) is 0 Å². The van der Waals surface area contributed by atoms with E-state index in [1.54, 1.807) is 0 Å². The second-order valence-corrected chi connectivity index (χ2v) is 14.8. The van der Waals surface area contributed by atoms with Gasteiger partial charge in [-0.1, -0.05) is 130 Å². The molecule has 0 aliphatic rings. The first-order valence-corrected chi connectivity index (χ1v) is 16.9. The summed E-state index contributed by atoms with van der Waals surface area (Å²) in [7, 11) is 0.